The average molecular weight is 254 g/mol. The molecule has 0 aliphatic heterocycles. The van der Waals surface area contributed by atoms with Crippen LogP contribution in [0, 0.1) is 0 Å². The number of halogens is 1. The molecule has 0 unspecified atom stereocenters. The number of benzene rings is 1. The van der Waals surface area contributed by atoms with E-state index in [4.69, 9.17) is 25.5 Å². The molecule has 0 N–H and O–H groups in total. The van der Waals surface area contributed by atoms with Crippen LogP contribution in [0.25, 0.3) is 0 Å². The van der Waals surface area contributed by atoms with Gasteiger partial charge in [-0.3, -0.25) is 0 Å². The molecule has 2 aromatic rings. The van der Waals surface area contributed by atoms with E-state index in [1.807, 2.05) is 6.92 Å². The van der Waals surface area contributed by atoms with Gasteiger partial charge in [-0.1, -0.05) is 11.6 Å². The minimum Gasteiger partial charge on any atom is -0.484 e. The number of ether oxygens (including phenoxy) is 2. The van der Waals surface area contributed by atoms with Crippen molar-refractivity contribution in [3.63, 3.8) is 0 Å². The first-order chi connectivity index (χ1) is 8.28. The van der Waals surface area contributed by atoms with Crippen LogP contribution in [-0.4, -0.2) is 11.6 Å². The number of oxazole rings is 1. The van der Waals surface area contributed by atoms with Gasteiger partial charge in [-0.2, -0.15) is 0 Å². The van der Waals surface area contributed by atoms with Crippen LogP contribution in [0.3, 0.4) is 0 Å². The summed E-state index contributed by atoms with van der Waals surface area (Å²) in [6.07, 6.45) is 1.53. The third-order valence-electron chi connectivity index (χ3n) is 1.99. The molecule has 0 atom stereocenters. The summed E-state index contributed by atoms with van der Waals surface area (Å²) in [5.41, 5.74) is 0. The van der Waals surface area contributed by atoms with Gasteiger partial charge in [0.2, 0.25) is 5.89 Å². The summed E-state index contributed by atoms with van der Waals surface area (Å²) in [5, 5.41) is 0.673. The monoisotopic (exact) mass is 253 g/mol. The van der Waals surface area contributed by atoms with Crippen molar-refractivity contribution < 1.29 is 13.9 Å². The Hall–Kier alpha value is -1.68. The zero-order valence-electron chi connectivity index (χ0n) is 9.35. The molecule has 4 nitrogen and oxygen atoms in total. The third-order valence-corrected chi connectivity index (χ3v) is 2.25. The fraction of sp³-hybridized carbons (Fsp3) is 0.250. The van der Waals surface area contributed by atoms with E-state index in [1.54, 1.807) is 24.3 Å². The number of rotatable bonds is 5. The second kappa shape index (κ2) is 5.59. The fourth-order valence-electron chi connectivity index (χ4n) is 1.25. The maximum absolute atomic E-state index is 5.76. The van der Waals surface area contributed by atoms with Crippen molar-refractivity contribution in [2.24, 2.45) is 0 Å². The summed E-state index contributed by atoms with van der Waals surface area (Å²) < 4.78 is 15.9. The Morgan fingerprint density at radius 3 is 2.71 bits per heavy atom. The molecule has 0 bridgehead atoms. The van der Waals surface area contributed by atoms with E-state index in [0.29, 0.717) is 29.2 Å². The second-order valence-electron chi connectivity index (χ2n) is 3.25. The first-order valence-electron chi connectivity index (χ1n) is 5.24. The van der Waals surface area contributed by atoms with Crippen LogP contribution in [-0.2, 0) is 6.61 Å². The highest BCUT2D eigenvalue weighted by Crippen LogP contribution is 2.18. The van der Waals surface area contributed by atoms with Crippen LogP contribution >= 0.6 is 11.6 Å². The lowest BCUT2D eigenvalue weighted by molar-refractivity contribution is 0.217. The van der Waals surface area contributed by atoms with Gasteiger partial charge in [0.05, 0.1) is 6.61 Å². The SMILES string of the molecule is CCOc1cnc(COc2ccc(Cl)cc2)o1. The highest BCUT2D eigenvalue weighted by atomic mass is 35.5. The quantitative estimate of drug-likeness (QED) is 0.820. The lowest BCUT2D eigenvalue weighted by Crippen LogP contribution is -1.95. The topological polar surface area (TPSA) is 44.5 Å². The molecule has 0 fully saturated rings. The summed E-state index contributed by atoms with van der Waals surface area (Å²) in [6, 6.07) is 7.10. The van der Waals surface area contributed by atoms with Gasteiger partial charge in [-0.25, -0.2) is 4.98 Å². The molecule has 1 aromatic carbocycles. The Labute approximate surface area is 104 Å². The van der Waals surface area contributed by atoms with Crippen LogP contribution in [0.5, 0.6) is 11.7 Å². The number of nitrogens with zero attached hydrogens (tertiary/aromatic N) is 1. The number of hydrogen-bond donors (Lipinski definition) is 0. The van der Waals surface area contributed by atoms with Crippen LogP contribution in [0.2, 0.25) is 5.02 Å². The van der Waals surface area contributed by atoms with E-state index >= 15 is 0 Å². The van der Waals surface area contributed by atoms with Gasteiger partial charge in [0.25, 0.3) is 0 Å². The van der Waals surface area contributed by atoms with E-state index in [9.17, 15) is 0 Å². The molecule has 0 amide bonds. The summed E-state index contributed by atoms with van der Waals surface area (Å²) in [4.78, 5) is 4.02. The maximum atomic E-state index is 5.76. The van der Waals surface area contributed by atoms with Crippen molar-refractivity contribution in [2.75, 3.05) is 6.61 Å². The predicted molar refractivity (Wildman–Crippen MR) is 63.5 cm³/mol. The molecule has 17 heavy (non-hydrogen) atoms. The van der Waals surface area contributed by atoms with E-state index in [1.165, 1.54) is 6.20 Å². The van der Waals surface area contributed by atoms with Crippen molar-refractivity contribution in [3.05, 3.63) is 41.4 Å². The first-order valence-corrected chi connectivity index (χ1v) is 5.61. The Kier molecular flexibility index (Phi) is 3.88. The van der Waals surface area contributed by atoms with Crippen molar-refractivity contribution in [1.29, 1.82) is 0 Å². The Morgan fingerprint density at radius 2 is 2.00 bits per heavy atom. The molecule has 0 saturated heterocycles. The molecule has 5 heteroatoms. The Balaban J connectivity index is 1.90. The molecule has 1 aromatic heterocycles. The largest absolute Gasteiger partial charge is 0.484 e. The molecule has 0 radical (unpaired) electrons. The van der Waals surface area contributed by atoms with Crippen molar-refractivity contribution in [3.8, 4) is 11.7 Å². The molecular weight excluding hydrogens is 242 g/mol. The molecule has 0 aliphatic carbocycles. The van der Waals surface area contributed by atoms with Crippen molar-refractivity contribution >= 4 is 11.6 Å². The summed E-state index contributed by atoms with van der Waals surface area (Å²) >= 11 is 5.76. The fourth-order valence-corrected chi connectivity index (χ4v) is 1.37. The molecule has 2 rings (SSSR count). The minimum absolute atomic E-state index is 0.259. The van der Waals surface area contributed by atoms with Crippen LogP contribution < -0.4 is 9.47 Å². The van der Waals surface area contributed by atoms with Crippen molar-refractivity contribution in [2.45, 2.75) is 13.5 Å². The lowest BCUT2D eigenvalue weighted by Gasteiger charge is -2.02. The Morgan fingerprint density at radius 1 is 1.24 bits per heavy atom. The molecule has 90 valence electrons. The number of aromatic nitrogens is 1. The van der Waals surface area contributed by atoms with E-state index < -0.39 is 0 Å². The molecule has 0 spiro atoms. The van der Waals surface area contributed by atoms with Gasteiger partial charge in [-0.15, -0.1) is 0 Å². The Bertz CT molecular complexity index is 467. The van der Waals surface area contributed by atoms with Gasteiger partial charge in [0.15, 0.2) is 6.61 Å². The zero-order chi connectivity index (χ0) is 12.1. The summed E-state index contributed by atoms with van der Waals surface area (Å²) in [6.45, 7) is 2.69. The van der Waals surface area contributed by atoms with E-state index in [-0.39, 0.29) is 6.61 Å². The molecular formula is C12H12ClNO3. The van der Waals surface area contributed by atoms with Gasteiger partial charge >= 0.3 is 5.95 Å². The highest BCUT2D eigenvalue weighted by Gasteiger charge is 2.04. The van der Waals surface area contributed by atoms with Crippen LogP contribution in [0.1, 0.15) is 12.8 Å². The zero-order valence-corrected chi connectivity index (χ0v) is 10.1. The van der Waals surface area contributed by atoms with Crippen molar-refractivity contribution in [1.82, 2.24) is 4.98 Å². The van der Waals surface area contributed by atoms with Crippen LogP contribution in [0.15, 0.2) is 34.9 Å². The third kappa shape index (κ3) is 3.39. The van der Waals surface area contributed by atoms with Gasteiger partial charge in [-0.05, 0) is 31.2 Å². The van der Waals surface area contributed by atoms with E-state index in [0.717, 1.165) is 0 Å². The van der Waals surface area contributed by atoms with E-state index in [2.05, 4.69) is 4.98 Å². The normalized spacial score (nSPS) is 10.2. The minimum atomic E-state index is 0.259. The lowest BCUT2D eigenvalue weighted by atomic mass is 10.3. The summed E-state index contributed by atoms with van der Waals surface area (Å²) in [7, 11) is 0. The second-order valence-corrected chi connectivity index (χ2v) is 3.69. The smallest absolute Gasteiger partial charge is 0.305 e. The number of hydrogen-bond acceptors (Lipinski definition) is 4. The molecule has 1 heterocycles. The predicted octanol–water partition coefficient (Wildman–Crippen LogP) is 3.31. The summed E-state index contributed by atoms with van der Waals surface area (Å²) in [5.74, 6) is 1.59. The van der Waals surface area contributed by atoms with Gasteiger partial charge in [0.1, 0.15) is 11.9 Å². The maximum Gasteiger partial charge on any atom is 0.305 e. The van der Waals surface area contributed by atoms with Gasteiger partial charge in [0, 0.05) is 5.02 Å². The molecule has 0 saturated carbocycles. The van der Waals surface area contributed by atoms with Crippen LogP contribution in [0.4, 0.5) is 0 Å². The average Bonchev–Trinajstić information content (AvgIpc) is 2.77. The standard InChI is InChI=1S/C12H12ClNO3/c1-2-15-12-7-14-11(17-12)8-16-10-5-3-9(13)4-6-10/h3-7H,2,8H2,1H3. The van der Waals surface area contributed by atoms with Gasteiger partial charge < -0.3 is 13.9 Å². The highest BCUT2D eigenvalue weighted by molar-refractivity contribution is 6.30. The first kappa shape index (κ1) is 11.8. The molecule has 0 aliphatic rings.